The summed E-state index contributed by atoms with van der Waals surface area (Å²) in [5, 5.41) is 11.1. The SMILES string of the molecule is CC(=O)[C@H]1CC[C@H]2[C@@H]3C[C@@H](O)[C@]45C[C@H]4CC[C@]5(C)[C@H]3CC[C@]12C. The number of carbonyl (C=O) groups excluding carboxylic acids is 1. The highest BCUT2D eigenvalue weighted by atomic mass is 16.3. The minimum absolute atomic E-state index is 0.0695. The van der Waals surface area contributed by atoms with Crippen LogP contribution in [0.1, 0.15) is 72.1 Å². The zero-order valence-corrected chi connectivity index (χ0v) is 15.0. The van der Waals surface area contributed by atoms with Gasteiger partial charge < -0.3 is 5.11 Å². The molecule has 5 aliphatic carbocycles. The maximum atomic E-state index is 12.2. The van der Waals surface area contributed by atoms with Gasteiger partial charge in [-0.05, 0) is 92.8 Å². The van der Waals surface area contributed by atoms with Gasteiger partial charge in [0.05, 0.1) is 6.10 Å². The Balaban J connectivity index is 1.52. The van der Waals surface area contributed by atoms with Crippen LogP contribution in [0.5, 0.6) is 0 Å². The summed E-state index contributed by atoms with van der Waals surface area (Å²) >= 11 is 0. The first-order valence-electron chi connectivity index (χ1n) is 10.0. The zero-order chi connectivity index (χ0) is 16.2. The quantitative estimate of drug-likeness (QED) is 0.787. The summed E-state index contributed by atoms with van der Waals surface area (Å²) in [6, 6.07) is 0. The van der Waals surface area contributed by atoms with Crippen molar-refractivity contribution in [1.82, 2.24) is 0 Å². The summed E-state index contributed by atoms with van der Waals surface area (Å²) in [5.41, 5.74) is 0.894. The average Bonchev–Trinajstić information content (AvgIpc) is 3.01. The van der Waals surface area contributed by atoms with Crippen LogP contribution in [0.3, 0.4) is 0 Å². The second-order valence-electron chi connectivity index (χ2n) is 10.3. The Morgan fingerprint density at radius 3 is 2.52 bits per heavy atom. The average molecular weight is 316 g/mol. The van der Waals surface area contributed by atoms with Crippen molar-refractivity contribution < 1.29 is 9.90 Å². The van der Waals surface area contributed by atoms with E-state index in [1.807, 2.05) is 6.92 Å². The number of aliphatic hydroxyl groups excluding tert-OH is 1. The molecule has 0 aliphatic heterocycles. The third-order valence-corrected chi connectivity index (χ3v) is 10.1. The molecule has 5 fully saturated rings. The molecule has 0 unspecified atom stereocenters. The van der Waals surface area contributed by atoms with Crippen molar-refractivity contribution in [2.24, 2.45) is 45.8 Å². The predicted octanol–water partition coefficient (Wildman–Crippen LogP) is 4.21. The molecule has 1 N–H and O–H groups in total. The first-order valence-corrected chi connectivity index (χ1v) is 10.0. The molecule has 9 atom stereocenters. The number of Topliss-reactive ketones (excluding diaryl/α,β-unsaturated/α-hetero) is 1. The van der Waals surface area contributed by atoms with Gasteiger partial charge in [-0.1, -0.05) is 13.8 Å². The van der Waals surface area contributed by atoms with Crippen LogP contribution in [0.4, 0.5) is 0 Å². The first-order chi connectivity index (χ1) is 10.8. The molecule has 0 aromatic rings. The molecule has 2 heteroatoms. The molecule has 0 radical (unpaired) electrons. The molecule has 5 saturated carbocycles. The molecule has 5 aliphatic rings. The Labute approximate surface area is 140 Å². The van der Waals surface area contributed by atoms with Gasteiger partial charge in [-0.2, -0.15) is 0 Å². The fourth-order valence-corrected chi connectivity index (χ4v) is 8.98. The molecule has 0 saturated heterocycles. The lowest BCUT2D eigenvalue weighted by atomic mass is 9.45. The lowest BCUT2D eigenvalue weighted by Crippen LogP contribution is -2.56. The van der Waals surface area contributed by atoms with Gasteiger partial charge in [-0.3, -0.25) is 4.79 Å². The zero-order valence-electron chi connectivity index (χ0n) is 15.0. The van der Waals surface area contributed by atoms with Gasteiger partial charge >= 0.3 is 0 Å². The highest BCUT2D eigenvalue weighted by molar-refractivity contribution is 5.79. The molecule has 128 valence electrons. The van der Waals surface area contributed by atoms with Crippen molar-refractivity contribution in [3.63, 3.8) is 0 Å². The minimum atomic E-state index is -0.0695. The molecule has 2 nitrogen and oxygen atoms in total. The fourth-order valence-electron chi connectivity index (χ4n) is 8.98. The number of carbonyl (C=O) groups is 1. The van der Waals surface area contributed by atoms with E-state index in [1.165, 1.54) is 38.5 Å². The fraction of sp³-hybridized carbons (Fsp3) is 0.952. The van der Waals surface area contributed by atoms with E-state index in [4.69, 9.17) is 0 Å². The highest BCUT2D eigenvalue weighted by Crippen LogP contribution is 2.81. The lowest BCUT2D eigenvalue weighted by Gasteiger charge is -2.60. The number of fused-ring (bicyclic) bond motifs is 4. The van der Waals surface area contributed by atoms with Gasteiger partial charge in [0.25, 0.3) is 0 Å². The van der Waals surface area contributed by atoms with E-state index in [0.717, 1.165) is 24.7 Å². The largest absolute Gasteiger partial charge is 0.393 e. The lowest BCUT2D eigenvalue weighted by molar-refractivity contribution is -0.153. The summed E-state index contributed by atoms with van der Waals surface area (Å²) < 4.78 is 0. The van der Waals surface area contributed by atoms with Crippen molar-refractivity contribution >= 4 is 5.78 Å². The summed E-state index contributed by atoms with van der Waals surface area (Å²) in [5.74, 6) is 3.68. The van der Waals surface area contributed by atoms with Crippen LogP contribution in [0, 0.1) is 45.8 Å². The van der Waals surface area contributed by atoms with E-state index in [0.29, 0.717) is 28.4 Å². The molecule has 5 rings (SSSR count). The van der Waals surface area contributed by atoms with E-state index in [-0.39, 0.29) is 17.4 Å². The highest BCUT2D eigenvalue weighted by Gasteiger charge is 2.77. The molecular formula is C21H32O2. The van der Waals surface area contributed by atoms with Crippen LogP contribution in [-0.4, -0.2) is 17.0 Å². The van der Waals surface area contributed by atoms with Crippen LogP contribution < -0.4 is 0 Å². The monoisotopic (exact) mass is 316 g/mol. The number of aliphatic hydroxyl groups is 1. The van der Waals surface area contributed by atoms with Gasteiger partial charge in [0.1, 0.15) is 5.78 Å². The minimum Gasteiger partial charge on any atom is -0.393 e. The second kappa shape index (κ2) is 4.23. The van der Waals surface area contributed by atoms with Crippen LogP contribution in [0.2, 0.25) is 0 Å². The van der Waals surface area contributed by atoms with Crippen LogP contribution in [0.15, 0.2) is 0 Å². The standard InChI is InChI=1S/C21H32O2/c1-12(22)15-4-5-16-14-10-18(23)21-11-13(21)6-9-20(21,3)17(14)7-8-19(15,16)2/h13-18,23H,4-11H2,1-3H3/t13-,14+,15-,16+,17+,18-,19-,20-,21+/m1/s1. The summed E-state index contributed by atoms with van der Waals surface area (Å²) in [4.78, 5) is 12.2. The van der Waals surface area contributed by atoms with Crippen LogP contribution in [-0.2, 0) is 4.79 Å². The van der Waals surface area contributed by atoms with Gasteiger partial charge in [0, 0.05) is 11.3 Å². The van der Waals surface area contributed by atoms with Crippen molar-refractivity contribution in [2.45, 2.75) is 78.2 Å². The van der Waals surface area contributed by atoms with E-state index >= 15 is 0 Å². The Kier molecular flexibility index (Phi) is 2.75. The normalized spacial score (nSPS) is 63.0. The molecule has 0 amide bonds. The Morgan fingerprint density at radius 1 is 1.04 bits per heavy atom. The molecular weight excluding hydrogens is 284 g/mol. The van der Waals surface area contributed by atoms with Crippen molar-refractivity contribution in [3.05, 3.63) is 0 Å². The maximum Gasteiger partial charge on any atom is 0.133 e. The Bertz CT molecular complexity index is 570. The second-order valence-corrected chi connectivity index (χ2v) is 10.3. The molecule has 0 bridgehead atoms. The Morgan fingerprint density at radius 2 is 1.83 bits per heavy atom. The number of rotatable bonds is 1. The molecule has 23 heavy (non-hydrogen) atoms. The Hall–Kier alpha value is -0.370. The van der Waals surface area contributed by atoms with Crippen LogP contribution in [0.25, 0.3) is 0 Å². The molecule has 0 aromatic carbocycles. The summed E-state index contributed by atoms with van der Waals surface area (Å²) in [7, 11) is 0. The third kappa shape index (κ3) is 1.50. The van der Waals surface area contributed by atoms with E-state index in [9.17, 15) is 9.90 Å². The van der Waals surface area contributed by atoms with Gasteiger partial charge in [0.2, 0.25) is 0 Å². The van der Waals surface area contributed by atoms with Crippen molar-refractivity contribution in [3.8, 4) is 0 Å². The molecule has 1 spiro atoms. The first kappa shape index (κ1) is 14.9. The predicted molar refractivity (Wildman–Crippen MR) is 89.7 cm³/mol. The topological polar surface area (TPSA) is 37.3 Å². The number of hydrogen-bond acceptors (Lipinski definition) is 2. The summed E-state index contributed by atoms with van der Waals surface area (Å²) in [6.07, 6.45) is 9.83. The summed E-state index contributed by atoms with van der Waals surface area (Å²) in [6.45, 7) is 6.74. The molecule has 0 heterocycles. The van der Waals surface area contributed by atoms with Crippen molar-refractivity contribution in [2.75, 3.05) is 0 Å². The smallest absolute Gasteiger partial charge is 0.133 e. The van der Waals surface area contributed by atoms with Gasteiger partial charge in [0.15, 0.2) is 0 Å². The van der Waals surface area contributed by atoms with E-state index in [2.05, 4.69) is 13.8 Å². The molecule has 0 aromatic heterocycles. The van der Waals surface area contributed by atoms with E-state index in [1.54, 1.807) is 0 Å². The third-order valence-electron chi connectivity index (χ3n) is 10.1. The van der Waals surface area contributed by atoms with Gasteiger partial charge in [-0.25, -0.2) is 0 Å². The number of ketones is 1. The van der Waals surface area contributed by atoms with E-state index < -0.39 is 0 Å². The van der Waals surface area contributed by atoms with Crippen molar-refractivity contribution in [1.29, 1.82) is 0 Å². The number of hydrogen-bond donors (Lipinski definition) is 1. The van der Waals surface area contributed by atoms with Crippen LogP contribution >= 0.6 is 0 Å². The maximum absolute atomic E-state index is 12.2. The van der Waals surface area contributed by atoms with Gasteiger partial charge in [-0.15, -0.1) is 0 Å².